The smallest absolute Gasteiger partial charge is 0.263 e. The fraction of sp³-hybridized carbons (Fsp3) is 0.480. The average Bonchev–Trinajstić information content (AvgIpc) is 3.46. The predicted octanol–water partition coefficient (Wildman–Crippen LogP) is 3.05. The van der Waals surface area contributed by atoms with Gasteiger partial charge >= 0.3 is 0 Å². The van der Waals surface area contributed by atoms with Crippen LogP contribution in [0.3, 0.4) is 0 Å². The molecule has 0 aliphatic carbocycles. The first kappa shape index (κ1) is 20.3. The number of likely N-dealkylation sites (N-methyl/N-ethyl adjacent to an activating group) is 1. The lowest BCUT2D eigenvalue weighted by Crippen LogP contribution is -2.30. The number of hydrogen-bond acceptors (Lipinski definition) is 5. The lowest BCUT2D eigenvalue weighted by Gasteiger charge is -2.22. The average molecular weight is 423 g/mol. The molecule has 164 valence electrons. The summed E-state index contributed by atoms with van der Waals surface area (Å²) >= 11 is 0. The Balaban J connectivity index is 1.41. The van der Waals surface area contributed by atoms with E-state index in [1.807, 2.05) is 25.2 Å². The van der Waals surface area contributed by atoms with E-state index in [9.17, 15) is 4.79 Å². The number of fused-ring (bicyclic) bond motifs is 1. The minimum absolute atomic E-state index is 0.0676. The molecular weight excluding hydrogens is 392 g/mol. The van der Waals surface area contributed by atoms with Gasteiger partial charge in [0.15, 0.2) is 6.10 Å². The molecule has 0 bridgehead atoms. The van der Waals surface area contributed by atoms with Crippen molar-refractivity contribution in [2.75, 3.05) is 47.0 Å². The number of likely N-dealkylation sites (tertiary alicyclic amines) is 2. The van der Waals surface area contributed by atoms with Crippen molar-refractivity contribution >= 4 is 5.91 Å². The summed E-state index contributed by atoms with van der Waals surface area (Å²) in [4.78, 5) is 16.7. The van der Waals surface area contributed by atoms with E-state index in [-0.39, 0.29) is 12.0 Å². The summed E-state index contributed by atoms with van der Waals surface area (Å²) in [6, 6.07) is 14.4. The fourth-order valence-corrected chi connectivity index (χ4v) is 4.99. The number of benzene rings is 2. The Morgan fingerprint density at radius 2 is 1.74 bits per heavy atom. The molecule has 0 N–H and O–H groups in total. The molecule has 1 amide bonds. The number of carbonyl (C=O) groups is 1. The Morgan fingerprint density at radius 3 is 2.39 bits per heavy atom. The zero-order valence-corrected chi connectivity index (χ0v) is 18.3. The van der Waals surface area contributed by atoms with Crippen LogP contribution >= 0.6 is 0 Å². The zero-order valence-electron chi connectivity index (χ0n) is 18.3. The van der Waals surface area contributed by atoms with Crippen molar-refractivity contribution in [2.45, 2.75) is 19.1 Å². The Morgan fingerprint density at radius 1 is 1.03 bits per heavy atom. The molecular formula is C25H30N2O4. The van der Waals surface area contributed by atoms with Gasteiger partial charge in [-0.25, -0.2) is 0 Å². The van der Waals surface area contributed by atoms with Gasteiger partial charge in [0, 0.05) is 57.0 Å². The SMILES string of the molecule is COc1ccc(-c2ccc(OC3CCN(C)C3=O)c(CN3C[C@H]4COC[C@H]4C3)c2)cc1. The standard InChI is InChI=1S/C25H30N2O4/c1-26-10-9-24(25(26)28)31-23-8-5-18(17-3-6-22(29-2)7-4-17)11-19(23)12-27-13-20-15-30-16-21(20)14-27/h3-8,11,20-21,24H,9-10,12-16H2,1-2H3/t20-,21+,24?. The maximum atomic E-state index is 12.4. The lowest BCUT2D eigenvalue weighted by atomic mass is 10.0. The third-order valence-electron chi connectivity index (χ3n) is 6.84. The van der Waals surface area contributed by atoms with Gasteiger partial charge < -0.3 is 19.1 Å². The van der Waals surface area contributed by atoms with Gasteiger partial charge in [-0.05, 0) is 35.4 Å². The molecule has 0 spiro atoms. The Kier molecular flexibility index (Phi) is 5.59. The van der Waals surface area contributed by atoms with Crippen LogP contribution in [-0.2, 0) is 16.1 Å². The van der Waals surface area contributed by atoms with Crippen molar-refractivity contribution in [1.29, 1.82) is 0 Å². The third-order valence-corrected chi connectivity index (χ3v) is 6.84. The summed E-state index contributed by atoms with van der Waals surface area (Å²) in [7, 11) is 3.52. The summed E-state index contributed by atoms with van der Waals surface area (Å²) in [6.45, 7) is 5.43. The first-order chi connectivity index (χ1) is 15.1. The highest BCUT2D eigenvalue weighted by molar-refractivity contribution is 5.83. The Labute approximate surface area is 183 Å². The fourth-order valence-electron chi connectivity index (χ4n) is 4.99. The zero-order chi connectivity index (χ0) is 21.4. The van der Waals surface area contributed by atoms with Crippen molar-refractivity contribution < 1.29 is 19.0 Å². The van der Waals surface area contributed by atoms with Crippen LogP contribution in [0.15, 0.2) is 42.5 Å². The quantitative estimate of drug-likeness (QED) is 0.716. The number of hydrogen-bond donors (Lipinski definition) is 0. The molecule has 5 rings (SSSR count). The van der Waals surface area contributed by atoms with Crippen LogP contribution in [0.25, 0.3) is 11.1 Å². The number of amides is 1. The van der Waals surface area contributed by atoms with Crippen molar-refractivity contribution in [3.63, 3.8) is 0 Å². The van der Waals surface area contributed by atoms with Crippen LogP contribution in [0.4, 0.5) is 0 Å². The summed E-state index contributed by atoms with van der Waals surface area (Å²) in [5.74, 6) is 3.01. The van der Waals surface area contributed by atoms with Gasteiger partial charge in [0.05, 0.1) is 20.3 Å². The van der Waals surface area contributed by atoms with Crippen LogP contribution in [0.2, 0.25) is 0 Å². The Hall–Kier alpha value is -2.57. The highest BCUT2D eigenvalue weighted by Gasteiger charge is 2.37. The second-order valence-corrected chi connectivity index (χ2v) is 8.96. The van der Waals surface area contributed by atoms with E-state index >= 15 is 0 Å². The van der Waals surface area contributed by atoms with Crippen molar-refractivity contribution in [3.05, 3.63) is 48.0 Å². The molecule has 3 saturated heterocycles. The number of nitrogens with zero attached hydrogens (tertiary/aromatic N) is 2. The highest BCUT2D eigenvalue weighted by Crippen LogP contribution is 2.34. The van der Waals surface area contributed by atoms with E-state index in [4.69, 9.17) is 14.2 Å². The summed E-state index contributed by atoms with van der Waals surface area (Å²) in [5, 5.41) is 0. The first-order valence-corrected chi connectivity index (χ1v) is 11.1. The maximum absolute atomic E-state index is 12.4. The molecule has 1 unspecified atom stereocenters. The molecule has 3 aliphatic heterocycles. The van der Waals surface area contributed by atoms with Gasteiger partial charge in [-0.2, -0.15) is 0 Å². The molecule has 2 aromatic carbocycles. The van der Waals surface area contributed by atoms with E-state index in [2.05, 4.69) is 29.2 Å². The van der Waals surface area contributed by atoms with Crippen LogP contribution in [-0.4, -0.2) is 68.8 Å². The second-order valence-electron chi connectivity index (χ2n) is 8.96. The number of methoxy groups -OCH3 is 1. The molecule has 0 aromatic heterocycles. The largest absolute Gasteiger partial charge is 0.497 e. The number of carbonyl (C=O) groups excluding carboxylic acids is 1. The van der Waals surface area contributed by atoms with Crippen molar-refractivity contribution in [2.24, 2.45) is 11.8 Å². The predicted molar refractivity (Wildman–Crippen MR) is 118 cm³/mol. The second kappa shape index (κ2) is 8.52. The summed E-state index contributed by atoms with van der Waals surface area (Å²) in [5.41, 5.74) is 3.41. The van der Waals surface area contributed by atoms with E-state index in [0.29, 0.717) is 11.8 Å². The van der Waals surface area contributed by atoms with Gasteiger partial charge in [-0.15, -0.1) is 0 Å². The molecule has 3 fully saturated rings. The molecule has 6 nitrogen and oxygen atoms in total. The van der Waals surface area contributed by atoms with Gasteiger partial charge in [0.1, 0.15) is 11.5 Å². The molecule has 31 heavy (non-hydrogen) atoms. The molecule has 6 heteroatoms. The maximum Gasteiger partial charge on any atom is 0.263 e. The lowest BCUT2D eigenvalue weighted by molar-refractivity contribution is -0.132. The highest BCUT2D eigenvalue weighted by atomic mass is 16.5. The molecule has 3 heterocycles. The minimum atomic E-state index is -0.387. The van der Waals surface area contributed by atoms with E-state index in [0.717, 1.165) is 74.0 Å². The van der Waals surface area contributed by atoms with Crippen LogP contribution < -0.4 is 9.47 Å². The van der Waals surface area contributed by atoms with E-state index < -0.39 is 0 Å². The van der Waals surface area contributed by atoms with Crippen LogP contribution in [0.5, 0.6) is 11.5 Å². The van der Waals surface area contributed by atoms with Crippen LogP contribution in [0, 0.1) is 11.8 Å². The molecule has 2 aromatic rings. The molecule has 3 aliphatic rings. The van der Waals surface area contributed by atoms with E-state index in [1.165, 1.54) is 0 Å². The van der Waals surface area contributed by atoms with Crippen molar-refractivity contribution in [3.8, 4) is 22.6 Å². The third kappa shape index (κ3) is 4.14. The van der Waals surface area contributed by atoms with Crippen molar-refractivity contribution in [1.82, 2.24) is 9.80 Å². The normalized spacial score (nSPS) is 25.8. The number of rotatable bonds is 6. The van der Waals surface area contributed by atoms with E-state index in [1.54, 1.807) is 12.0 Å². The van der Waals surface area contributed by atoms with Gasteiger partial charge in [-0.1, -0.05) is 18.2 Å². The Bertz CT molecular complexity index is 933. The number of ether oxygens (including phenoxy) is 3. The summed E-state index contributed by atoms with van der Waals surface area (Å²) < 4.78 is 17.2. The molecule has 3 atom stereocenters. The molecule has 0 saturated carbocycles. The molecule has 0 radical (unpaired) electrons. The summed E-state index contributed by atoms with van der Waals surface area (Å²) in [6.07, 6.45) is 0.349. The van der Waals surface area contributed by atoms with Crippen LogP contribution in [0.1, 0.15) is 12.0 Å². The monoisotopic (exact) mass is 422 g/mol. The first-order valence-electron chi connectivity index (χ1n) is 11.1. The topological polar surface area (TPSA) is 51.2 Å². The van der Waals surface area contributed by atoms with Gasteiger partial charge in [-0.3, -0.25) is 9.69 Å². The minimum Gasteiger partial charge on any atom is -0.497 e. The van der Waals surface area contributed by atoms with Gasteiger partial charge in [0.2, 0.25) is 0 Å². The van der Waals surface area contributed by atoms with Gasteiger partial charge in [0.25, 0.3) is 5.91 Å².